The summed E-state index contributed by atoms with van der Waals surface area (Å²) in [7, 11) is 0. The molecule has 5 heteroatoms. The van der Waals surface area contributed by atoms with Crippen molar-refractivity contribution in [1.29, 1.82) is 0 Å². The molecule has 0 spiro atoms. The molecule has 2 aromatic rings. The van der Waals surface area contributed by atoms with E-state index < -0.39 is 0 Å². The molecule has 0 aliphatic heterocycles. The van der Waals surface area contributed by atoms with Gasteiger partial charge in [-0.2, -0.15) is 0 Å². The number of aromatic hydroxyl groups is 1. The van der Waals surface area contributed by atoms with Crippen LogP contribution in [0.15, 0.2) is 36.4 Å². The lowest BCUT2D eigenvalue weighted by atomic mass is 10.1. The van der Waals surface area contributed by atoms with E-state index in [0.717, 1.165) is 12.0 Å². The Morgan fingerprint density at radius 1 is 1.05 bits per heavy atom. The number of rotatable bonds is 5. The van der Waals surface area contributed by atoms with Crippen LogP contribution in [0.2, 0.25) is 10.0 Å². The predicted octanol–water partition coefficient (Wildman–Crippen LogP) is 4.17. The SMILES string of the molecule is Oc1ccc(F)cc1CNCCc1ccc(Cl)cc1Cl. The lowest BCUT2D eigenvalue weighted by molar-refractivity contribution is 0.461. The first-order valence-electron chi connectivity index (χ1n) is 6.18. The van der Waals surface area contributed by atoms with Crippen LogP contribution < -0.4 is 5.32 Å². The Bertz CT molecular complexity index is 604. The summed E-state index contributed by atoms with van der Waals surface area (Å²) in [5.74, 6) is -0.274. The van der Waals surface area contributed by atoms with Crippen molar-refractivity contribution in [2.24, 2.45) is 0 Å². The lowest BCUT2D eigenvalue weighted by Gasteiger charge is -2.08. The fourth-order valence-corrected chi connectivity index (χ4v) is 2.37. The minimum absolute atomic E-state index is 0.0865. The molecule has 0 heterocycles. The van der Waals surface area contributed by atoms with Crippen LogP contribution in [0.5, 0.6) is 5.75 Å². The van der Waals surface area contributed by atoms with Gasteiger partial charge in [-0.05, 0) is 48.9 Å². The summed E-state index contributed by atoms with van der Waals surface area (Å²) >= 11 is 11.9. The van der Waals surface area contributed by atoms with Gasteiger partial charge in [-0.15, -0.1) is 0 Å². The number of hydrogen-bond acceptors (Lipinski definition) is 2. The third-order valence-electron chi connectivity index (χ3n) is 2.94. The monoisotopic (exact) mass is 313 g/mol. The van der Waals surface area contributed by atoms with E-state index in [-0.39, 0.29) is 11.6 Å². The molecule has 0 saturated carbocycles. The molecule has 20 heavy (non-hydrogen) atoms. The zero-order chi connectivity index (χ0) is 14.5. The largest absolute Gasteiger partial charge is 0.508 e. The van der Waals surface area contributed by atoms with Crippen molar-refractivity contribution in [3.63, 3.8) is 0 Å². The molecule has 2 nitrogen and oxygen atoms in total. The highest BCUT2D eigenvalue weighted by Gasteiger charge is 2.04. The second-order valence-electron chi connectivity index (χ2n) is 4.44. The van der Waals surface area contributed by atoms with Crippen LogP contribution in [0.3, 0.4) is 0 Å². The third kappa shape index (κ3) is 4.10. The van der Waals surface area contributed by atoms with E-state index in [1.807, 2.05) is 6.07 Å². The van der Waals surface area contributed by atoms with Crippen molar-refractivity contribution in [1.82, 2.24) is 5.32 Å². The number of phenolic OH excluding ortho intramolecular Hbond substituents is 1. The fraction of sp³-hybridized carbons (Fsp3) is 0.200. The molecule has 0 unspecified atom stereocenters. The van der Waals surface area contributed by atoms with Gasteiger partial charge >= 0.3 is 0 Å². The predicted molar refractivity (Wildman–Crippen MR) is 79.9 cm³/mol. The molecule has 2 aromatic carbocycles. The Labute approximate surface area is 127 Å². The van der Waals surface area contributed by atoms with Crippen LogP contribution in [0, 0.1) is 5.82 Å². The standard InChI is InChI=1S/C15H14Cl2FNO/c16-12-2-1-10(14(17)8-12)5-6-19-9-11-7-13(18)3-4-15(11)20/h1-4,7-8,19-20H,5-6,9H2. The van der Waals surface area contributed by atoms with Crippen LogP contribution >= 0.6 is 23.2 Å². The molecule has 0 bridgehead atoms. The second-order valence-corrected chi connectivity index (χ2v) is 5.28. The highest BCUT2D eigenvalue weighted by Crippen LogP contribution is 2.21. The van der Waals surface area contributed by atoms with E-state index >= 15 is 0 Å². The van der Waals surface area contributed by atoms with Gasteiger partial charge in [-0.3, -0.25) is 0 Å². The second kappa shape index (κ2) is 6.93. The van der Waals surface area contributed by atoms with E-state index in [9.17, 15) is 9.50 Å². The maximum atomic E-state index is 13.0. The Morgan fingerprint density at radius 2 is 1.85 bits per heavy atom. The molecule has 2 N–H and O–H groups in total. The van der Waals surface area contributed by atoms with Gasteiger partial charge in [-0.1, -0.05) is 29.3 Å². The molecule has 0 aliphatic carbocycles. The molecular weight excluding hydrogens is 300 g/mol. The van der Waals surface area contributed by atoms with E-state index in [2.05, 4.69) is 5.32 Å². The van der Waals surface area contributed by atoms with Crippen LogP contribution in [-0.2, 0) is 13.0 Å². The van der Waals surface area contributed by atoms with Crippen molar-refractivity contribution < 1.29 is 9.50 Å². The van der Waals surface area contributed by atoms with E-state index in [4.69, 9.17) is 23.2 Å². The molecule has 0 atom stereocenters. The smallest absolute Gasteiger partial charge is 0.123 e. The van der Waals surface area contributed by atoms with Gasteiger partial charge in [0.25, 0.3) is 0 Å². The molecule has 106 valence electrons. The van der Waals surface area contributed by atoms with E-state index in [1.165, 1.54) is 18.2 Å². The molecular formula is C15H14Cl2FNO. The molecule has 2 rings (SSSR count). The molecule has 0 amide bonds. The summed E-state index contributed by atoms with van der Waals surface area (Å²) in [5, 5.41) is 14.0. The Hall–Kier alpha value is -1.29. The van der Waals surface area contributed by atoms with Crippen LogP contribution in [0.4, 0.5) is 4.39 Å². The zero-order valence-corrected chi connectivity index (χ0v) is 12.2. The Morgan fingerprint density at radius 3 is 2.60 bits per heavy atom. The van der Waals surface area contributed by atoms with Crippen molar-refractivity contribution >= 4 is 23.2 Å². The first kappa shape index (κ1) is 15.1. The summed E-state index contributed by atoms with van der Waals surface area (Å²) < 4.78 is 13.0. The highest BCUT2D eigenvalue weighted by atomic mass is 35.5. The molecule has 0 aliphatic rings. The average molecular weight is 314 g/mol. The van der Waals surface area contributed by atoms with Crippen LogP contribution in [0.25, 0.3) is 0 Å². The van der Waals surface area contributed by atoms with Gasteiger partial charge in [0.2, 0.25) is 0 Å². The van der Waals surface area contributed by atoms with Crippen molar-refractivity contribution in [2.45, 2.75) is 13.0 Å². The average Bonchev–Trinajstić information content (AvgIpc) is 2.40. The Kier molecular flexibility index (Phi) is 5.24. The molecule has 0 radical (unpaired) electrons. The summed E-state index contributed by atoms with van der Waals surface area (Å²) in [6.45, 7) is 1.06. The van der Waals surface area contributed by atoms with Gasteiger partial charge in [0.15, 0.2) is 0 Å². The van der Waals surface area contributed by atoms with Gasteiger partial charge in [-0.25, -0.2) is 4.39 Å². The van der Waals surface area contributed by atoms with Gasteiger partial charge in [0.1, 0.15) is 11.6 Å². The Balaban J connectivity index is 1.86. The lowest BCUT2D eigenvalue weighted by Crippen LogP contribution is -2.17. The van der Waals surface area contributed by atoms with Gasteiger partial charge < -0.3 is 10.4 Å². The van der Waals surface area contributed by atoms with E-state index in [0.29, 0.717) is 28.7 Å². The fourth-order valence-electron chi connectivity index (χ4n) is 1.87. The van der Waals surface area contributed by atoms with E-state index in [1.54, 1.807) is 12.1 Å². The molecule has 0 aromatic heterocycles. The highest BCUT2D eigenvalue weighted by molar-refractivity contribution is 6.35. The topological polar surface area (TPSA) is 32.3 Å². The summed E-state index contributed by atoms with van der Waals surface area (Å²) in [5.41, 5.74) is 1.53. The summed E-state index contributed by atoms with van der Waals surface area (Å²) in [4.78, 5) is 0. The summed E-state index contributed by atoms with van der Waals surface area (Å²) in [6, 6.07) is 9.27. The van der Waals surface area contributed by atoms with Crippen molar-refractivity contribution in [3.8, 4) is 5.75 Å². The number of hydrogen-bond donors (Lipinski definition) is 2. The number of halogens is 3. The van der Waals surface area contributed by atoms with Crippen molar-refractivity contribution in [3.05, 3.63) is 63.4 Å². The number of phenols is 1. The first-order chi connectivity index (χ1) is 9.56. The quantitative estimate of drug-likeness (QED) is 0.812. The summed E-state index contributed by atoms with van der Waals surface area (Å²) in [6.07, 6.45) is 0.728. The van der Waals surface area contributed by atoms with Crippen LogP contribution in [0.1, 0.15) is 11.1 Å². The van der Waals surface area contributed by atoms with Gasteiger partial charge in [0.05, 0.1) is 0 Å². The minimum atomic E-state index is -0.361. The molecule has 0 saturated heterocycles. The minimum Gasteiger partial charge on any atom is -0.508 e. The third-order valence-corrected chi connectivity index (χ3v) is 3.53. The van der Waals surface area contributed by atoms with Crippen molar-refractivity contribution in [2.75, 3.05) is 6.54 Å². The van der Waals surface area contributed by atoms with Crippen LogP contribution in [-0.4, -0.2) is 11.7 Å². The molecule has 0 fully saturated rings. The zero-order valence-electron chi connectivity index (χ0n) is 10.7. The maximum absolute atomic E-state index is 13.0. The number of benzene rings is 2. The first-order valence-corrected chi connectivity index (χ1v) is 6.94. The maximum Gasteiger partial charge on any atom is 0.123 e. The number of nitrogens with one attached hydrogen (secondary N) is 1. The van der Waals surface area contributed by atoms with Gasteiger partial charge in [0, 0.05) is 22.2 Å². The normalized spacial score (nSPS) is 10.8.